The van der Waals surface area contributed by atoms with Crippen LogP contribution in [0.1, 0.15) is 28.3 Å². The molecule has 0 saturated carbocycles. The molecule has 3 aromatic carbocycles. The molecule has 1 aliphatic heterocycles. The fourth-order valence-electron chi connectivity index (χ4n) is 3.82. The van der Waals surface area contributed by atoms with Gasteiger partial charge >= 0.3 is 0 Å². The van der Waals surface area contributed by atoms with Gasteiger partial charge in [-0.15, -0.1) is 0 Å². The normalized spacial score (nSPS) is 15.8. The van der Waals surface area contributed by atoms with Gasteiger partial charge in [-0.25, -0.2) is 0 Å². The summed E-state index contributed by atoms with van der Waals surface area (Å²) in [4.78, 5) is 0. The van der Waals surface area contributed by atoms with Gasteiger partial charge in [0.05, 0.1) is 13.7 Å². The molecule has 3 nitrogen and oxygen atoms in total. The minimum Gasteiger partial charge on any atom is -0.493 e. The van der Waals surface area contributed by atoms with Gasteiger partial charge in [-0.2, -0.15) is 0 Å². The lowest BCUT2D eigenvalue weighted by Crippen LogP contribution is -2.87. The van der Waals surface area contributed by atoms with Crippen LogP contribution < -0.4 is 14.8 Å². The Balaban J connectivity index is 1.60. The zero-order valence-corrected chi connectivity index (χ0v) is 15.7. The van der Waals surface area contributed by atoms with Gasteiger partial charge in [-0.05, 0) is 28.8 Å². The lowest BCUT2D eigenvalue weighted by molar-refractivity contribution is -0.698. The first-order valence-corrected chi connectivity index (χ1v) is 9.58. The molecule has 2 N–H and O–H groups in total. The van der Waals surface area contributed by atoms with Gasteiger partial charge in [-0.3, -0.25) is 0 Å². The van der Waals surface area contributed by atoms with E-state index in [1.807, 2.05) is 18.2 Å². The van der Waals surface area contributed by atoms with Crippen LogP contribution in [0.4, 0.5) is 0 Å². The molecule has 1 atom stereocenters. The third-order valence-electron chi connectivity index (χ3n) is 5.23. The van der Waals surface area contributed by atoms with Gasteiger partial charge in [0.2, 0.25) is 0 Å². The van der Waals surface area contributed by atoms with Gasteiger partial charge in [0.15, 0.2) is 11.5 Å². The molecule has 3 heteroatoms. The number of quaternary nitrogens is 1. The Labute approximate surface area is 161 Å². The van der Waals surface area contributed by atoms with Crippen molar-refractivity contribution in [2.45, 2.75) is 25.5 Å². The van der Waals surface area contributed by atoms with Gasteiger partial charge in [-0.1, -0.05) is 60.7 Å². The molecule has 0 amide bonds. The van der Waals surface area contributed by atoms with E-state index in [-0.39, 0.29) is 0 Å². The van der Waals surface area contributed by atoms with Crippen molar-refractivity contribution in [2.75, 3.05) is 13.7 Å². The number of hydrogen-bond acceptors (Lipinski definition) is 2. The predicted molar refractivity (Wildman–Crippen MR) is 107 cm³/mol. The van der Waals surface area contributed by atoms with Crippen LogP contribution in [0.3, 0.4) is 0 Å². The first-order valence-electron chi connectivity index (χ1n) is 9.58. The molecule has 0 saturated heterocycles. The fourth-order valence-corrected chi connectivity index (χ4v) is 3.82. The molecule has 1 heterocycles. The van der Waals surface area contributed by atoms with Crippen molar-refractivity contribution in [2.24, 2.45) is 0 Å². The van der Waals surface area contributed by atoms with Crippen LogP contribution >= 0.6 is 0 Å². The van der Waals surface area contributed by atoms with E-state index in [0.717, 1.165) is 36.4 Å². The van der Waals surface area contributed by atoms with Crippen molar-refractivity contribution in [3.8, 4) is 11.5 Å². The second-order valence-electron chi connectivity index (χ2n) is 7.05. The van der Waals surface area contributed by atoms with Crippen molar-refractivity contribution < 1.29 is 14.8 Å². The van der Waals surface area contributed by atoms with Crippen molar-refractivity contribution in [3.05, 3.63) is 95.1 Å². The van der Waals surface area contributed by atoms with E-state index < -0.39 is 0 Å². The SMILES string of the molecule is COc1cc2c(cc1OCc1ccccc1)[C@@H](Cc1ccccc1)[NH2+]CC2. The standard InChI is InChI=1S/C24H25NO2/c1-26-23-15-20-12-13-25-22(14-18-8-4-2-5-9-18)21(20)16-24(23)27-17-19-10-6-3-7-11-19/h2-11,15-16,22,25H,12-14,17H2,1H3/p+1/t22-/m1/s1. The molecule has 138 valence electrons. The zero-order valence-electron chi connectivity index (χ0n) is 15.7. The highest BCUT2D eigenvalue weighted by Crippen LogP contribution is 2.35. The highest BCUT2D eigenvalue weighted by Gasteiger charge is 2.26. The molecular weight excluding hydrogens is 334 g/mol. The number of hydrogen-bond donors (Lipinski definition) is 1. The second-order valence-corrected chi connectivity index (χ2v) is 7.05. The van der Waals surface area contributed by atoms with Crippen molar-refractivity contribution in [1.29, 1.82) is 0 Å². The summed E-state index contributed by atoms with van der Waals surface area (Å²) in [7, 11) is 1.72. The van der Waals surface area contributed by atoms with E-state index in [1.54, 1.807) is 7.11 Å². The molecule has 0 spiro atoms. The van der Waals surface area contributed by atoms with Crippen LogP contribution in [0.2, 0.25) is 0 Å². The van der Waals surface area contributed by atoms with E-state index in [0.29, 0.717) is 12.6 Å². The maximum Gasteiger partial charge on any atom is 0.162 e. The predicted octanol–water partition coefficient (Wildman–Crippen LogP) is 3.68. The Morgan fingerprint density at radius 3 is 2.30 bits per heavy atom. The largest absolute Gasteiger partial charge is 0.493 e. The van der Waals surface area contributed by atoms with Crippen molar-refractivity contribution in [3.63, 3.8) is 0 Å². The van der Waals surface area contributed by atoms with Crippen LogP contribution in [0.5, 0.6) is 11.5 Å². The van der Waals surface area contributed by atoms with Crippen LogP contribution in [0.25, 0.3) is 0 Å². The van der Waals surface area contributed by atoms with Crippen molar-refractivity contribution >= 4 is 0 Å². The number of rotatable bonds is 6. The maximum atomic E-state index is 6.14. The molecule has 0 aromatic heterocycles. The van der Waals surface area contributed by atoms with Gasteiger partial charge in [0, 0.05) is 18.4 Å². The smallest absolute Gasteiger partial charge is 0.162 e. The summed E-state index contributed by atoms with van der Waals surface area (Å²) in [6, 6.07) is 25.7. The third kappa shape index (κ3) is 4.15. The Bertz CT molecular complexity index is 878. The summed E-state index contributed by atoms with van der Waals surface area (Å²) < 4.78 is 11.8. The fraction of sp³-hybridized carbons (Fsp3) is 0.250. The Kier molecular flexibility index (Phi) is 5.40. The van der Waals surface area contributed by atoms with Gasteiger partial charge < -0.3 is 14.8 Å². The molecule has 0 radical (unpaired) electrons. The molecule has 3 aromatic rings. The van der Waals surface area contributed by atoms with E-state index in [9.17, 15) is 0 Å². The highest BCUT2D eigenvalue weighted by atomic mass is 16.5. The van der Waals surface area contributed by atoms with Crippen LogP contribution in [-0.4, -0.2) is 13.7 Å². The van der Waals surface area contributed by atoms with E-state index in [1.165, 1.54) is 16.7 Å². The van der Waals surface area contributed by atoms with E-state index in [2.05, 4.69) is 59.9 Å². The van der Waals surface area contributed by atoms with Crippen LogP contribution in [-0.2, 0) is 19.4 Å². The molecule has 0 unspecified atom stereocenters. The zero-order chi connectivity index (χ0) is 18.5. The average Bonchev–Trinajstić information content (AvgIpc) is 2.73. The first-order chi connectivity index (χ1) is 13.3. The number of fused-ring (bicyclic) bond motifs is 1. The summed E-state index contributed by atoms with van der Waals surface area (Å²) >= 11 is 0. The minimum atomic E-state index is 0.418. The average molecular weight is 360 g/mol. The maximum absolute atomic E-state index is 6.14. The number of benzene rings is 3. The summed E-state index contributed by atoms with van der Waals surface area (Å²) in [5.41, 5.74) is 5.27. The number of ether oxygens (including phenoxy) is 2. The monoisotopic (exact) mass is 360 g/mol. The first kappa shape index (κ1) is 17.6. The van der Waals surface area contributed by atoms with Gasteiger partial charge in [0.1, 0.15) is 12.6 Å². The summed E-state index contributed by atoms with van der Waals surface area (Å²) in [6.45, 7) is 1.65. The molecule has 4 rings (SSSR count). The molecule has 1 aliphatic rings. The Morgan fingerprint density at radius 2 is 1.59 bits per heavy atom. The third-order valence-corrected chi connectivity index (χ3v) is 5.23. The van der Waals surface area contributed by atoms with E-state index in [4.69, 9.17) is 9.47 Å². The van der Waals surface area contributed by atoms with Crippen LogP contribution in [0, 0.1) is 0 Å². The van der Waals surface area contributed by atoms with Gasteiger partial charge in [0.25, 0.3) is 0 Å². The topological polar surface area (TPSA) is 35.1 Å². The highest BCUT2D eigenvalue weighted by molar-refractivity contribution is 5.49. The molecular formula is C24H26NO2+. The second kappa shape index (κ2) is 8.28. The Morgan fingerprint density at radius 1 is 0.889 bits per heavy atom. The summed E-state index contributed by atoms with van der Waals surface area (Å²) in [5, 5.41) is 2.45. The quantitative estimate of drug-likeness (QED) is 0.728. The van der Waals surface area contributed by atoms with Crippen molar-refractivity contribution in [1.82, 2.24) is 0 Å². The minimum absolute atomic E-state index is 0.418. The summed E-state index contributed by atoms with van der Waals surface area (Å²) in [6.07, 6.45) is 2.09. The lowest BCUT2D eigenvalue weighted by atomic mass is 9.90. The number of nitrogens with two attached hydrogens (primary N) is 1. The number of methoxy groups -OCH3 is 1. The molecule has 27 heavy (non-hydrogen) atoms. The Hall–Kier alpha value is -2.78. The molecule has 0 aliphatic carbocycles. The lowest BCUT2D eigenvalue weighted by Gasteiger charge is -2.25. The molecule has 0 bridgehead atoms. The molecule has 0 fully saturated rings. The van der Waals surface area contributed by atoms with E-state index >= 15 is 0 Å². The summed E-state index contributed by atoms with van der Waals surface area (Å²) in [5.74, 6) is 1.65. The van der Waals surface area contributed by atoms with Crippen LogP contribution in [0.15, 0.2) is 72.8 Å².